The minimum Gasteiger partial charge on any atom is -0.460 e. The fraction of sp³-hybridized carbons (Fsp3) is 0.462. The van der Waals surface area contributed by atoms with Gasteiger partial charge in [0.15, 0.2) is 0 Å². The van der Waals surface area contributed by atoms with Gasteiger partial charge in [0.2, 0.25) is 11.7 Å². The molecular weight excluding hydrogens is 234 g/mol. The minimum atomic E-state index is -0.618. The molecule has 0 aromatic heterocycles. The Morgan fingerprint density at radius 1 is 1.67 bits per heavy atom. The highest BCUT2D eigenvalue weighted by molar-refractivity contribution is 5.96. The molecule has 0 N–H and O–H groups in total. The van der Waals surface area contributed by atoms with Crippen molar-refractivity contribution in [3.63, 3.8) is 0 Å². The number of ketones is 1. The molecule has 18 heavy (non-hydrogen) atoms. The number of amides is 1. The van der Waals surface area contributed by atoms with E-state index in [0.29, 0.717) is 6.54 Å². The molecule has 1 saturated heterocycles. The molecule has 0 aromatic carbocycles. The summed E-state index contributed by atoms with van der Waals surface area (Å²) in [5.41, 5.74) is 0. The van der Waals surface area contributed by atoms with Crippen LogP contribution < -0.4 is 0 Å². The fourth-order valence-electron chi connectivity index (χ4n) is 2.01. The topological polar surface area (TPSA) is 63.7 Å². The third-order valence-electron chi connectivity index (χ3n) is 2.72. The lowest BCUT2D eigenvalue weighted by atomic mass is 10.1. The first-order valence-corrected chi connectivity index (χ1v) is 5.56. The maximum Gasteiger partial charge on any atom is 0.302 e. The first-order chi connectivity index (χ1) is 8.49. The number of terminal acetylenes is 1. The molecule has 0 aliphatic carbocycles. The molecule has 1 unspecified atom stereocenters. The Kier molecular flexibility index (Phi) is 4.67. The van der Waals surface area contributed by atoms with Gasteiger partial charge in [-0.1, -0.05) is 6.08 Å². The maximum absolute atomic E-state index is 11.8. The Morgan fingerprint density at radius 2 is 2.33 bits per heavy atom. The summed E-state index contributed by atoms with van der Waals surface area (Å²) in [6.45, 7) is 5.12. The van der Waals surface area contributed by atoms with Crippen LogP contribution in [-0.2, 0) is 19.1 Å². The zero-order chi connectivity index (χ0) is 13.7. The molecule has 0 bridgehead atoms. The van der Waals surface area contributed by atoms with Gasteiger partial charge in [0.05, 0.1) is 12.5 Å². The molecule has 1 aliphatic rings. The van der Waals surface area contributed by atoms with Crippen molar-refractivity contribution in [2.24, 2.45) is 0 Å². The van der Waals surface area contributed by atoms with Crippen molar-refractivity contribution in [2.75, 3.05) is 6.54 Å². The van der Waals surface area contributed by atoms with E-state index in [-0.39, 0.29) is 18.7 Å². The summed E-state index contributed by atoms with van der Waals surface area (Å²) in [6, 6.07) is -0.497. The van der Waals surface area contributed by atoms with Crippen LogP contribution in [0.2, 0.25) is 0 Å². The lowest BCUT2D eigenvalue weighted by molar-refractivity contribution is -0.148. The van der Waals surface area contributed by atoms with Crippen LogP contribution in [0, 0.1) is 12.3 Å². The van der Waals surface area contributed by atoms with E-state index in [1.165, 1.54) is 11.8 Å². The number of esters is 1. The van der Waals surface area contributed by atoms with E-state index in [9.17, 15) is 14.4 Å². The van der Waals surface area contributed by atoms with Gasteiger partial charge in [-0.3, -0.25) is 14.4 Å². The predicted octanol–water partition coefficient (Wildman–Crippen LogP) is 0.297. The van der Waals surface area contributed by atoms with Gasteiger partial charge in [0, 0.05) is 19.9 Å². The van der Waals surface area contributed by atoms with E-state index in [0.717, 1.165) is 0 Å². The van der Waals surface area contributed by atoms with E-state index in [2.05, 4.69) is 6.58 Å². The monoisotopic (exact) mass is 249 g/mol. The molecule has 1 fully saturated rings. The Balaban J connectivity index is 2.87. The molecule has 0 aromatic rings. The van der Waals surface area contributed by atoms with Crippen molar-refractivity contribution < 1.29 is 19.1 Å². The van der Waals surface area contributed by atoms with Crippen LogP contribution in [0.3, 0.4) is 0 Å². The van der Waals surface area contributed by atoms with Gasteiger partial charge in [0.1, 0.15) is 6.10 Å². The lowest BCUT2D eigenvalue weighted by Crippen LogP contribution is -2.40. The molecule has 96 valence electrons. The largest absolute Gasteiger partial charge is 0.460 e. The third-order valence-corrected chi connectivity index (χ3v) is 2.72. The highest BCUT2D eigenvalue weighted by Crippen LogP contribution is 2.25. The van der Waals surface area contributed by atoms with Gasteiger partial charge < -0.3 is 9.64 Å². The Morgan fingerprint density at radius 3 is 2.83 bits per heavy atom. The quantitative estimate of drug-likeness (QED) is 0.304. The van der Waals surface area contributed by atoms with Gasteiger partial charge in [0.25, 0.3) is 0 Å². The van der Waals surface area contributed by atoms with Crippen LogP contribution in [0.5, 0.6) is 0 Å². The summed E-state index contributed by atoms with van der Waals surface area (Å²) in [7, 11) is 0. The summed E-state index contributed by atoms with van der Waals surface area (Å²) in [4.78, 5) is 35.5. The summed E-state index contributed by atoms with van der Waals surface area (Å²) >= 11 is 0. The second-order valence-corrected chi connectivity index (χ2v) is 4.03. The van der Waals surface area contributed by atoms with Crippen LogP contribution in [0.1, 0.15) is 19.8 Å². The highest BCUT2D eigenvalue weighted by atomic mass is 16.5. The molecule has 0 radical (unpaired) electrons. The van der Waals surface area contributed by atoms with Gasteiger partial charge in [-0.2, -0.15) is 0 Å². The molecule has 1 aliphatic heterocycles. The number of Topliss-reactive ketones (excluding diaryl/α,β-unsaturated/α-hetero) is 1. The SMILES string of the molecule is C#CC(=O)CC1[C@@H](OC(C)=O)CC(=O)N1CC=C. The number of ether oxygens (including phenoxy) is 1. The van der Waals surface area contributed by atoms with Crippen LogP contribution >= 0.6 is 0 Å². The van der Waals surface area contributed by atoms with E-state index in [1.54, 1.807) is 6.08 Å². The minimum absolute atomic E-state index is 0.00593. The summed E-state index contributed by atoms with van der Waals surface area (Å²) in [6.07, 6.45) is 6.03. The summed E-state index contributed by atoms with van der Waals surface area (Å²) in [5, 5.41) is 0. The zero-order valence-electron chi connectivity index (χ0n) is 10.2. The van der Waals surface area contributed by atoms with E-state index in [1.807, 2.05) is 5.92 Å². The molecule has 5 heteroatoms. The normalized spacial score (nSPS) is 22.4. The second-order valence-electron chi connectivity index (χ2n) is 4.03. The summed E-state index contributed by atoms with van der Waals surface area (Å²) in [5.74, 6) is 0.934. The highest BCUT2D eigenvalue weighted by Gasteiger charge is 2.41. The zero-order valence-corrected chi connectivity index (χ0v) is 10.2. The molecule has 1 rings (SSSR count). The molecule has 1 heterocycles. The second kappa shape index (κ2) is 6.01. The fourth-order valence-corrected chi connectivity index (χ4v) is 2.01. The average molecular weight is 249 g/mol. The molecule has 0 saturated carbocycles. The van der Waals surface area contributed by atoms with Crippen LogP contribution in [0.4, 0.5) is 0 Å². The Labute approximate surface area is 106 Å². The van der Waals surface area contributed by atoms with Crippen molar-refractivity contribution >= 4 is 17.7 Å². The number of carbonyl (C=O) groups is 3. The molecule has 2 atom stereocenters. The van der Waals surface area contributed by atoms with Gasteiger partial charge in [-0.15, -0.1) is 13.0 Å². The third kappa shape index (κ3) is 3.20. The van der Waals surface area contributed by atoms with Gasteiger partial charge >= 0.3 is 5.97 Å². The van der Waals surface area contributed by atoms with Crippen LogP contribution in [0.25, 0.3) is 0 Å². The van der Waals surface area contributed by atoms with E-state index < -0.39 is 23.9 Å². The molecule has 1 amide bonds. The van der Waals surface area contributed by atoms with Crippen molar-refractivity contribution in [1.29, 1.82) is 0 Å². The average Bonchev–Trinajstić information content (AvgIpc) is 2.56. The number of carbonyl (C=O) groups excluding carboxylic acids is 3. The first kappa shape index (κ1) is 14.0. The van der Waals surface area contributed by atoms with E-state index >= 15 is 0 Å². The van der Waals surface area contributed by atoms with Gasteiger partial charge in [-0.25, -0.2) is 0 Å². The van der Waals surface area contributed by atoms with E-state index in [4.69, 9.17) is 11.2 Å². The lowest BCUT2D eigenvalue weighted by Gasteiger charge is -2.25. The number of nitrogens with zero attached hydrogens (tertiary/aromatic N) is 1. The van der Waals surface area contributed by atoms with Crippen molar-refractivity contribution in [2.45, 2.75) is 31.9 Å². The standard InChI is InChI=1S/C13H15NO4/c1-4-6-14-11(7-10(16)5-2)12(8-13(14)17)18-9(3)15/h2,4,11-12H,1,6-8H2,3H3/t11?,12-/m0/s1. The number of likely N-dealkylation sites (tertiary alicyclic amines) is 1. The van der Waals surface area contributed by atoms with Crippen molar-refractivity contribution in [1.82, 2.24) is 4.90 Å². The van der Waals surface area contributed by atoms with Crippen LogP contribution in [0.15, 0.2) is 12.7 Å². The first-order valence-electron chi connectivity index (χ1n) is 5.56. The predicted molar refractivity (Wildman–Crippen MR) is 64.3 cm³/mol. The number of hydrogen-bond donors (Lipinski definition) is 0. The molecule has 0 spiro atoms. The number of hydrogen-bond acceptors (Lipinski definition) is 4. The molecular formula is C13H15NO4. The van der Waals surface area contributed by atoms with Crippen molar-refractivity contribution in [3.05, 3.63) is 12.7 Å². The Hall–Kier alpha value is -2.09. The smallest absolute Gasteiger partial charge is 0.302 e. The van der Waals surface area contributed by atoms with Crippen LogP contribution in [-0.4, -0.2) is 41.3 Å². The maximum atomic E-state index is 11.8. The Bertz CT molecular complexity index is 421. The summed E-state index contributed by atoms with van der Waals surface area (Å²) < 4.78 is 5.06. The number of rotatable bonds is 5. The van der Waals surface area contributed by atoms with Gasteiger partial charge in [-0.05, 0) is 5.92 Å². The van der Waals surface area contributed by atoms with Crippen molar-refractivity contribution in [3.8, 4) is 12.3 Å². The molecule has 5 nitrogen and oxygen atoms in total.